The van der Waals surface area contributed by atoms with Gasteiger partial charge in [0, 0.05) is 30.5 Å². The fraction of sp³-hybridized carbons (Fsp3) is 0.476. The van der Waals surface area contributed by atoms with Crippen molar-refractivity contribution < 1.29 is 14.6 Å². The molecular formula is C21H26N2O3S. The lowest BCUT2D eigenvalue weighted by Crippen LogP contribution is -2.40. The number of phenolic OH excluding ortho intramolecular Hbond substituents is 1. The number of hydrogen-bond acceptors (Lipinski definition) is 5. The second-order valence-electron chi connectivity index (χ2n) is 7.28. The van der Waals surface area contributed by atoms with E-state index in [-0.39, 0.29) is 17.7 Å². The number of phenols is 1. The highest BCUT2D eigenvalue weighted by molar-refractivity contribution is 7.16. The summed E-state index contributed by atoms with van der Waals surface area (Å²) in [4.78, 5) is 15.7. The van der Waals surface area contributed by atoms with Gasteiger partial charge in [0.25, 0.3) is 0 Å². The van der Waals surface area contributed by atoms with Crippen molar-refractivity contribution in [2.24, 2.45) is 0 Å². The van der Waals surface area contributed by atoms with Crippen LogP contribution >= 0.6 is 11.3 Å². The van der Waals surface area contributed by atoms with Crippen LogP contribution in [-0.2, 0) is 22.4 Å². The van der Waals surface area contributed by atoms with Gasteiger partial charge in [0.05, 0.1) is 19.3 Å². The molecule has 0 saturated carbocycles. The number of ether oxygens (including phenoxy) is 1. The number of nitrogens with one attached hydrogen (secondary N) is 1. The van der Waals surface area contributed by atoms with Crippen molar-refractivity contribution in [1.82, 2.24) is 4.90 Å². The third-order valence-corrected chi connectivity index (χ3v) is 6.62. The van der Waals surface area contributed by atoms with Crippen molar-refractivity contribution >= 4 is 22.2 Å². The van der Waals surface area contributed by atoms with E-state index in [0.717, 1.165) is 49.7 Å². The first-order chi connectivity index (χ1) is 13.1. The molecule has 1 fully saturated rings. The van der Waals surface area contributed by atoms with Crippen molar-refractivity contribution in [3.63, 3.8) is 0 Å². The summed E-state index contributed by atoms with van der Waals surface area (Å²) in [6.07, 6.45) is 4.58. The predicted molar refractivity (Wildman–Crippen MR) is 108 cm³/mol. The maximum Gasteiger partial charge on any atom is 0.221 e. The number of rotatable bonds is 4. The topological polar surface area (TPSA) is 61.8 Å². The number of thiophene rings is 1. The molecule has 6 heteroatoms. The molecule has 2 heterocycles. The zero-order valence-electron chi connectivity index (χ0n) is 15.7. The zero-order chi connectivity index (χ0) is 18.8. The van der Waals surface area contributed by atoms with E-state index in [4.69, 9.17) is 4.74 Å². The average molecular weight is 387 g/mol. The summed E-state index contributed by atoms with van der Waals surface area (Å²) >= 11 is 1.74. The first-order valence-corrected chi connectivity index (χ1v) is 10.5. The minimum absolute atomic E-state index is 0.0266. The molecule has 1 saturated heterocycles. The number of nitrogens with zero attached hydrogens (tertiary/aromatic N) is 1. The average Bonchev–Trinajstić information content (AvgIpc) is 3.02. The number of hydrogen-bond donors (Lipinski definition) is 2. The number of benzene rings is 1. The van der Waals surface area contributed by atoms with Crippen LogP contribution in [0.4, 0.5) is 5.00 Å². The Morgan fingerprint density at radius 2 is 1.89 bits per heavy atom. The Kier molecular flexibility index (Phi) is 5.48. The Labute approximate surface area is 164 Å². The van der Waals surface area contributed by atoms with Crippen LogP contribution in [0.25, 0.3) is 0 Å². The normalized spacial score (nSPS) is 18.7. The summed E-state index contributed by atoms with van der Waals surface area (Å²) in [6, 6.07) is 7.56. The molecule has 0 bridgehead atoms. The number of carbonyl (C=O) groups is 1. The third-order valence-electron chi connectivity index (χ3n) is 5.39. The standard InChI is InChI=1S/C21H26N2O3S/c1-14(24)22-21-19(17-4-2-3-5-18(17)27-21)20(23-10-12-26-13-11-23)15-6-8-16(25)9-7-15/h6-9,20,25H,2-5,10-13H2,1H3,(H,22,24). The molecule has 2 aromatic rings. The fourth-order valence-electron chi connectivity index (χ4n) is 4.18. The van der Waals surface area contributed by atoms with Crippen LogP contribution in [-0.4, -0.2) is 42.2 Å². The summed E-state index contributed by atoms with van der Waals surface area (Å²) in [5.74, 6) is 0.246. The van der Waals surface area contributed by atoms with Gasteiger partial charge in [-0.2, -0.15) is 0 Å². The van der Waals surface area contributed by atoms with E-state index in [1.807, 2.05) is 12.1 Å². The van der Waals surface area contributed by atoms with Crippen LogP contribution in [0.15, 0.2) is 24.3 Å². The van der Waals surface area contributed by atoms with Gasteiger partial charge in [0.15, 0.2) is 0 Å². The van der Waals surface area contributed by atoms with Crippen LogP contribution < -0.4 is 5.32 Å². The molecule has 1 aromatic heterocycles. The van der Waals surface area contributed by atoms with Gasteiger partial charge in [-0.3, -0.25) is 9.69 Å². The van der Waals surface area contributed by atoms with Crippen LogP contribution in [0, 0.1) is 0 Å². The molecule has 1 aromatic carbocycles. The zero-order valence-corrected chi connectivity index (χ0v) is 16.5. The molecule has 1 atom stereocenters. The maximum atomic E-state index is 11.9. The highest BCUT2D eigenvalue weighted by atomic mass is 32.1. The minimum Gasteiger partial charge on any atom is -0.508 e. The minimum atomic E-state index is -0.0266. The van der Waals surface area contributed by atoms with E-state index in [9.17, 15) is 9.90 Å². The Hall–Kier alpha value is -1.89. The molecule has 0 radical (unpaired) electrons. The number of anilines is 1. The van der Waals surface area contributed by atoms with Crippen molar-refractivity contribution in [3.8, 4) is 5.75 Å². The van der Waals surface area contributed by atoms with Gasteiger partial charge in [-0.15, -0.1) is 11.3 Å². The molecule has 1 aliphatic carbocycles. The predicted octanol–water partition coefficient (Wildman–Crippen LogP) is 3.71. The number of morpholine rings is 1. The van der Waals surface area contributed by atoms with Gasteiger partial charge in [-0.05, 0) is 48.9 Å². The maximum absolute atomic E-state index is 11.9. The number of aryl methyl sites for hydroxylation is 1. The third kappa shape index (κ3) is 3.88. The number of amides is 1. The second-order valence-corrected chi connectivity index (χ2v) is 8.38. The summed E-state index contributed by atoms with van der Waals surface area (Å²) in [5.41, 5.74) is 3.81. The SMILES string of the molecule is CC(=O)Nc1sc2c(c1C(c1ccc(O)cc1)N1CCOCC1)CCCC2. The fourth-order valence-corrected chi connectivity index (χ4v) is 5.55. The molecule has 144 valence electrons. The molecule has 5 nitrogen and oxygen atoms in total. The highest BCUT2D eigenvalue weighted by Crippen LogP contribution is 2.45. The molecule has 1 aliphatic heterocycles. The van der Waals surface area contributed by atoms with Gasteiger partial charge in [0.1, 0.15) is 10.8 Å². The lowest BCUT2D eigenvalue weighted by atomic mass is 9.88. The molecule has 1 amide bonds. The van der Waals surface area contributed by atoms with E-state index in [2.05, 4.69) is 10.2 Å². The monoisotopic (exact) mass is 386 g/mol. The van der Waals surface area contributed by atoms with E-state index >= 15 is 0 Å². The number of aromatic hydroxyl groups is 1. The first-order valence-electron chi connectivity index (χ1n) is 9.66. The molecule has 0 spiro atoms. The van der Waals surface area contributed by atoms with Crippen molar-refractivity contribution in [2.75, 3.05) is 31.6 Å². The van der Waals surface area contributed by atoms with Crippen LogP contribution in [0.3, 0.4) is 0 Å². The Morgan fingerprint density at radius 3 is 2.59 bits per heavy atom. The summed E-state index contributed by atoms with van der Waals surface area (Å²) < 4.78 is 5.58. The highest BCUT2D eigenvalue weighted by Gasteiger charge is 2.32. The molecule has 1 unspecified atom stereocenters. The van der Waals surface area contributed by atoms with E-state index < -0.39 is 0 Å². The van der Waals surface area contributed by atoms with Gasteiger partial charge < -0.3 is 15.2 Å². The summed E-state index contributed by atoms with van der Waals surface area (Å²) in [7, 11) is 0. The number of carbonyl (C=O) groups excluding carboxylic acids is 1. The van der Waals surface area contributed by atoms with Crippen molar-refractivity contribution in [3.05, 3.63) is 45.8 Å². The molecule has 4 rings (SSSR count). The van der Waals surface area contributed by atoms with Gasteiger partial charge >= 0.3 is 0 Å². The smallest absolute Gasteiger partial charge is 0.221 e. The van der Waals surface area contributed by atoms with Gasteiger partial charge in [0.2, 0.25) is 5.91 Å². The quantitative estimate of drug-likeness (QED) is 0.841. The van der Waals surface area contributed by atoms with E-state index in [1.165, 1.54) is 28.8 Å². The lowest BCUT2D eigenvalue weighted by molar-refractivity contribution is -0.114. The Bertz CT molecular complexity index is 810. The Balaban J connectivity index is 1.84. The molecule has 27 heavy (non-hydrogen) atoms. The Morgan fingerprint density at radius 1 is 1.19 bits per heavy atom. The number of fused-ring (bicyclic) bond motifs is 1. The van der Waals surface area contributed by atoms with Crippen molar-refractivity contribution in [2.45, 2.75) is 38.6 Å². The van der Waals surface area contributed by atoms with Crippen LogP contribution in [0.2, 0.25) is 0 Å². The van der Waals surface area contributed by atoms with Crippen LogP contribution in [0.1, 0.15) is 47.4 Å². The molecule has 2 aliphatic rings. The molecule has 2 N–H and O–H groups in total. The van der Waals surface area contributed by atoms with Gasteiger partial charge in [-0.25, -0.2) is 0 Å². The summed E-state index contributed by atoms with van der Waals surface area (Å²) in [5, 5.41) is 13.8. The van der Waals surface area contributed by atoms with Crippen molar-refractivity contribution in [1.29, 1.82) is 0 Å². The second kappa shape index (κ2) is 8.00. The lowest BCUT2D eigenvalue weighted by Gasteiger charge is -2.36. The summed E-state index contributed by atoms with van der Waals surface area (Å²) in [6.45, 7) is 4.73. The first kappa shape index (κ1) is 18.5. The van der Waals surface area contributed by atoms with E-state index in [1.54, 1.807) is 30.4 Å². The molecular weight excluding hydrogens is 360 g/mol. The van der Waals surface area contributed by atoms with E-state index in [0.29, 0.717) is 0 Å². The van der Waals surface area contributed by atoms with Crippen LogP contribution in [0.5, 0.6) is 5.75 Å². The largest absolute Gasteiger partial charge is 0.508 e. The van der Waals surface area contributed by atoms with Gasteiger partial charge in [-0.1, -0.05) is 12.1 Å².